The minimum absolute atomic E-state index is 0.317. The van der Waals surface area contributed by atoms with E-state index in [4.69, 9.17) is 0 Å². The van der Waals surface area contributed by atoms with Crippen LogP contribution in [0.4, 0.5) is 0 Å². The van der Waals surface area contributed by atoms with Crippen molar-refractivity contribution in [2.75, 3.05) is 26.9 Å². The molecule has 2 heteroatoms. The maximum atomic E-state index is 10.0. The fourth-order valence-corrected chi connectivity index (χ4v) is 6.34. The lowest BCUT2D eigenvalue weighted by atomic mass is 10.0. The van der Waals surface area contributed by atoms with E-state index in [1.165, 1.54) is 205 Å². The molecule has 0 aromatic carbocycles. The highest BCUT2D eigenvalue weighted by molar-refractivity contribution is 4.52. The Kier molecular flexibility index (Phi) is 33.4. The second-order valence-electron chi connectivity index (χ2n) is 13.8. The fraction of sp³-hybridized carbons (Fsp3) is 1.00. The highest BCUT2D eigenvalue weighted by Gasteiger charge is 2.18. The SMILES string of the molecule is CCCCCCCCCCCCCCCCCC[N+](C)(CO)CCCCCCCCCCCCCCCCCC. The molecule has 0 unspecified atom stereocenters. The average molecular weight is 567 g/mol. The topological polar surface area (TPSA) is 20.2 Å². The first kappa shape index (κ1) is 39.9. The normalized spacial score (nSPS) is 12.0. The van der Waals surface area contributed by atoms with Gasteiger partial charge in [-0.15, -0.1) is 0 Å². The lowest BCUT2D eigenvalue weighted by Crippen LogP contribution is -2.46. The van der Waals surface area contributed by atoms with Crippen molar-refractivity contribution >= 4 is 0 Å². The lowest BCUT2D eigenvalue weighted by Gasteiger charge is -2.32. The zero-order valence-electron chi connectivity index (χ0n) is 28.6. The summed E-state index contributed by atoms with van der Waals surface area (Å²) in [6.45, 7) is 7.24. The Balaban J connectivity index is 3.38. The number of hydrogen-bond acceptors (Lipinski definition) is 1. The van der Waals surface area contributed by atoms with Crippen LogP contribution in [-0.4, -0.2) is 36.5 Å². The molecule has 0 aliphatic heterocycles. The number of rotatable bonds is 35. The third kappa shape index (κ3) is 30.9. The van der Waals surface area contributed by atoms with Gasteiger partial charge in [0.25, 0.3) is 0 Å². The van der Waals surface area contributed by atoms with Gasteiger partial charge in [-0.25, -0.2) is 0 Å². The number of unbranched alkanes of at least 4 members (excludes halogenated alkanes) is 30. The summed E-state index contributed by atoms with van der Waals surface area (Å²) in [6.07, 6.45) is 45.6. The molecule has 0 atom stereocenters. The van der Waals surface area contributed by atoms with Gasteiger partial charge in [0.1, 0.15) is 0 Å². The van der Waals surface area contributed by atoms with Crippen LogP contribution in [-0.2, 0) is 0 Å². The Labute approximate surface area is 255 Å². The molecule has 0 spiro atoms. The van der Waals surface area contributed by atoms with Crippen LogP contribution < -0.4 is 0 Å². The summed E-state index contributed by atoms with van der Waals surface area (Å²) in [7, 11) is 2.27. The summed E-state index contributed by atoms with van der Waals surface area (Å²) in [5, 5.41) is 10.0. The fourth-order valence-electron chi connectivity index (χ4n) is 6.34. The molecule has 242 valence electrons. The van der Waals surface area contributed by atoms with Gasteiger partial charge < -0.3 is 9.59 Å². The van der Waals surface area contributed by atoms with Crippen molar-refractivity contribution in [3.05, 3.63) is 0 Å². The largest absolute Gasteiger partial charge is 0.347 e. The van der Waals surface area contributed by atoms with E-state index in [1.807, 2.05) is 0 Å². The second kappa shape index (κ2) is 33.4. The van der Waals surface area contributed by atoms with Gasteiger partial charge in [0.2, 0.25) is 0 Å². The Morgan fingerprint density at radius 2 is 0.475 bits per heavy atom. The van der Waals surface area contributed by atoms with Crippen LogP contribution in [0, 0.1) is 0 Å². The highest BCUT2D eigenvalue weighted by atomic mass is 16.3. The predicted octanol–water partition coefficient (Wildman–Crippen LogP) is 12.9. The summed E-state index contributed by atoms with van der Waals surface area (Å²) < 4.78 is 0.872. The van der Waals surface area contributed by atoms with Gasteiger partial charge in [0.05, 0.1) is 20.1 Å². The van der Waals surface area contributed by atoms with Crippen LogP contribution in [0.3, 0.4) is 0 Å². The lowest BCUT2D eigenvalue weighted by molar-refractivity contribution is -0.927. The minimum atomic E-state index is 0.317. The van der Waals surface area contributed by atoms with E-state index < -0.39 is 0 Å². The Hall–Kier alpha value is -0.0800. The number of nitrogens with zero attached hydrogens (tertiary/aromatic N) is 1. The van der Waals surface area contributed by atoms with Gasteiger partial charge in [0.15, 0.2) is 6.73 Å². The van der Waals surface area contributed by atoms with E-state index >= 15 is 0 Å². The zero-order chi connectivity index (χ0) is 29.2. The maximum Gasteiger partial charge on any atom is 0.180 e. The molecular weight excluding hydrogens is 486 g/mol. The Bertz CT molecular complexity index is 415. The first-order chi connectivity index (χ1) is 19.7. The van der Waals surface area contributed by atoms with Crippen LogP contribution >= 0.6 is 0 Å². The minimum Gasteiger partial charge on any atom is -0.347 e. The van der Waals surface area contributed by atoms with Gasteiger partial charge in [-0.3, -0.25) is 0 Å². The van der Waals surface area contributed by atoms with Crippen molar-refractivity contribution in [2.24, 2.45) is 0 Å². The molecule has 0 aromatic heterocycles. The van der Waals surface area contributed by atoms with Crippen molar-refractivity contribution in [1.82, 2.24) is 0 Å². The van der Waals surface area contributed by atoms with E-state index in [0.717, 1.165) is 17.6 Å². The van der Waals surface area contributed by atoms with Gasteiger partial charge >= 0.3 is 0 Å². The standard InChI is InChI=1S/C38H80NO/c1-4-6-8-10-12-14-16-18-20-22-24-26-28-30-32-34-36-39(3,38-40)37-35-33-31-29-27-25-23-21-19-17-15-13-11-9-7-5-2/h40H,4-38H2,1-3H3/q+1. The summed E-state index contributed by atoms with van der Waals surface area (Å²) in [6, 6.07) is 0. The summed E-state index contributed by atoms with van der Waals surface area (Å²) in [5.41, 5.74) is 0. The molecule has 0 aromatic rings. The second-order valence-corrected chi connectivity index (χ2v) is 13.8. The Morgan fingerprint density at radius 1 is 0.300 bits per heavy atom. The van der Waals surface area contributed by atoms with Crippen LogP contribution in [0.2, 0.25) is 0 Å². The smallest absolute Gasteiger partial charge is 0.180 e. The molecule has 0 radical (unpaired) electrons. The Morgan fingerprint density at radius 3 is 0.650 bits per heavy atom. The number of aliphatic hydroxyl groups excluding tert-OH is 1. The molecule has 2 nitrogen and oxygen atoms in total. The predicted molar refractivity (Wildman–Crippen MR) is 182 cm³/mol. The van der Waals surface area contributed by atoms with Crippen molar-refractivity contribution in [3.63, 3.8) is 0 Å². The molecule has 0 fully saturated rings. The number of quaternary nitrogens is 1. The van der Waals surface area contributed by atoms with Crippen molar-refractivity contribution in [3.8, 4) is 0 Å². The molecule has 40 heavy (non-hydrogen) atoms. The van der Waals surface area contributed by atoms with Gasteiger partial charge in [-0.1, -0.05) is 194 Å². The van der Waals surface area contributed by atoms with Crippen LogP contribution in [0.1, 0.15) is 219 Å². The number of aliphatic hydroxyl groups is 1. The van der Waals surface area contributed by atoms with Crippen molar-refractivity contribution in [1.29, 1.82) is 0 Å². The highest BCUT2D eigenvalue weighted by Crippen LogP contribution is 2.17. The summed E-state index contributed by atoms with van der Waals surface area (Å²) >= 11 is 0. The monoisotopic (exact) mass is 567 g/mol. The molecule has 0 aliphatic carbocycles. The van der Waals surface area contributed by atoms with Crippen molar-refractivity contribution < 1.29 is 9.59 Å². The quantitative estimate of drug-likeness (QED) is 0.0459. The van der Waals surface area contributed by atoms with Crippen LogP contribution in [0.5, 0.6) is 0 Å². The van der Waals surface area contributed by atoms with Crippen molar-refractivity contribution in [2.45, 2.75) is 219 Å². The van der Waals surface area contributed by atoms with E-state index in [1.54, 1.807) is 0 Å². The first-order valence-electron chi connectivity index (χ1n) is 19.1. The molecule has 0 saturated carbocycles. The first-order valence-corrected chi connectivity index (χ1v) is 19.1. The van der Waals surface area contributed by atoms with Gasteiger partial charge in [-0.2, -0.15) is 0 Å². The molecule has 0 heterocycles. The van der Waals surface area contributed by atoms with Gasteiger partial charge in [0, 0.05) is 0 Å². The molecule has 0 bridgehead atoms. The third-order valence-corrected chi connectivity index (χ3v) is 9.44. The van der Waals surface area contributed by atoms with E-state index in [0.29, 0.717) is 6.73 Å². The zero-order valence-corrected chi connectivity index (χ0v) is 28.6. The molecule has 0 aliphatic rings. The maximum absolute atomic E-state index is 10.0. The third-order valence-electron chi connectivity index (χ3n) is 9.44. The summed E-state index contributed by atoms with van der Waals surface area (Å²) in [5.74, 6) is 0. The van der Waals surface area contributed by atoms with E-state index in [2.05, 4.69) is 20.9 Å². The van der Waals surface area contributed by atoms with E-state index in [9.17, 15) is 5.11 Å². The molecule has 0 amide bonds. The average Bonchev–Trinajstić information content (AvgIpc) is 2.96. The van der Waals surface area contributed by atoms with Crippen LogP contribution in [0.25, 0.3) is 0 Å². The molecule has 0 saturated heterocycles. The van der Waals surface area contributed by atoms with Gasteiger partial charge in [-0.05, 0) is 25.7 Å². The molecule has 1 N–H and O–H groups in total. The van der Waals surface area contributed by atoms with E-state index in [-0.39, 0.29) is 0 Å². The molecular formula is C38H80NO+. The summed E-state index contributed by atoms with van der Waals surface area (Å²) in [4.78, 5) is 0. The number of hydrogen-bond donors (Lipinski definition) is 1. The van der Waals surface area contributed by atoms with Crippen LogP contribution in [0.15, 0.2) is 0 Å². The molecule has 0 rings (SSSR count).